The van der Waals surface area contributed by atoms with E-state index in [1.165, 1.54) is 16.0 Å². The minimum atomic E-state index is -0.0155. The van der Waals surface area contributed by atoms with Crippen molar-refractivity contribution in [3.63, 3.8) is 0 Å². The molecule has 2 rings (SSSR count). The van der Waals surface area contributed by atoms with Gasteiger partial charge >= 0.3 is 0 Å². The van der Waals surface area contributed by atoms with Crippen LogP contribution in [0.15, 0.2) is 29.6 Å². The number of aryl methyl sites for hydroxylation is 2. The molecular formula is C15H17NOS. The van der Waals surface area contributed by atoms with E-state index in [9.17, 15) is 4.79 Å². The maximum Gasteiger partial charge on any atom is 0.251 e. The van der Waals surface area contributed by atoms with Gasteiger partial charge in [0, 0.05) is 17.0 Å². The van der Waals surface area contributed by atoms with Gasteiger partial charge in [-0.1, -0.05) is 17.7 Å². The molecule has 2 aromatic rings. The molecule has 0 atom stereocenters. The molecule has 0 aliphatic rings. The van der Waals surface area contributed by atoms with Gasteiger partial charge in [0.25, 0.3) is 5.91 Å². The molecule has 0 aliphatic carbocycles. The maximum atomic E-state index is 11.9. The van der Waals surface area contributed by atoms with Crippen molar-refractivity contribution in [2.45, 2.75) is 27.3 Å². The van der Waals surface area contributed by atoms with Crippen LogP contribution in [0.1, 0.15) is 31.9 Å². The molecule has 3 heteroatoms. The molecule has 1 heterocycles. The van der Waals surface area contributed by atoms with Gasteiger partial charge in [-0.15, -0.1) is 11.3 Å². The van der Waals surface area contributed by atoms with Crippen LogP contribution in [0.2, 0.25) is 0 Å². The zero-order valence-corrected chi connectivity index (χ0v) is 11.7. The molecule has 18 heavy (non-hydrogen) atoms. The molecule has 2 nitrogen and oxygen atoms in total. The zero-order valence-electron chi connectivity index (χ0n) is 10.9. The van der Waals surface area contributed by atoms with Crippen molar-refractivity contribution < 1.29 is 4.79 Å². The Bertz CT molecular complexity index is 554. The second-order valence-electron chi connectivity index (χ2n) is 4.49. The highest BCUT2D eigenvalue weighted by Gasteiger charge is 2.07. The lowest BCUT2D eigenvalue weighted by molar-refractivity contribution is 0.0951. The van der Waals surface area contributed by atoms with Crippen molar-refractivity contribution in [3.05, 3.63) is 56.8 Å². The number of hydrogen-bond donors (Lipinski definition) is 1. The van der Waals surface area contributed by atoms with Gasteiger partial charge in [-0.25, -0.2) is 0 Å². The Kier molecular flexibility index (Phi) is 3.82. The molecule has 1 aromatic heterocycles. The number of amides is 1. The molecule has 0 saturated carbocycles. The van der Waals surface area contributed by atoms with Crippen molar-refractivity contribution in [1.29, 1.82) is 0 Å². The van der Waals surface area contributed by atoms with Crippen molar-refractivity contribution in [1.82, 2.24) is 5.32 Å². The van der Waals surface area contributed by atoms with Crippen LogP contribution in [0.5, 0.6) is 0 Å². The summed E-state index contributed by atoms with van der Waals surface area (Å²) in [5.74, 6) is -0.0155. The topological polar surface area (TPSA) is 29.1 Å². The first-order chi connectivity index (χ1) is 8.58. The monoisotopic (exact) mass is 259 g/mol. The molecule has 1 amide bonds. The number of carbonyl (C=O) groups is 1. The summed E-state index contributed by atoms with van der Waals surface area (Å²) in [5.41, 5.74) is 4.36. The minimum Gasteiger partial charge on any atom is -0.348 e. The predicted molar refractivity (Wildman–Crippen MR) is 76.1 cm³/mol. The van der Waals surface area contributed by atoms with E-state index in [0.717, 1.165) is 5.56 Å². The second-order valence-corrected chi connectivity index (χ2v) is 5.57. The standard InChI is InChI=1S/C15H17NOS/c1-10-4-6-13(7-5-10)15(17)16-8-14-9-18-12(3)11(14)2/h4-7,9H,8H2,1-3H3,(H,16,17). The van der Waals surface area contributed by atoms with Crippen LogP contribution in [-0.4, -0.2) is 5.91 Å². The van der Waals surface area contributed by atoms with Gasteiger partial charge in [0.05, 0.1) is 0 Å². The van der Waals surface area contributed by atoms with Gasteiger partial charge < -0.3 is 5.32 Å². The maximum absolute atomic E-state index is 11.9. The number of nitrogens with one attached hydrogen (secondary N) is 1. The first-order valence-electron chi connectivity index (χ1n) is 5.96. The van der Waals surface area contributed by atoms with Gasteiger partial charge in [-0.3, -0.25) is 4.79 Å². The fourth-order valence-electron chi connectivity index (χ4n) is 1.72. The molecule has 0 bridgehead atoms. The SMILES string of the molecule is Cc1ccc(C(=O)NCc2csc(C)c2C)cc1. The largest absolute Gasteiger partial charge is 0.348 e. The van der Waals surface area contributed by atoms with Crippen LogP contribution >= 0.6 is 11.3 Å². The average Bonchev–Trinajstić information content (AvgIpc) is 2.68. The van der Waals surface area contributed by atoms with Crippen LogP contribution < -0.4 is 5.32 Å². The van der Waals surface area contributed by atoms with E-state index in [1.807, 2.05) is 31.2 Å². The third-order valence-corrected chi connectivity index (χ3v) is 4.20. The molecule has 0 fully saturated rings. The summed E-state index contributed by atoms with van der Waals surface area (Å²) < 4.78 is 0. The summed E-state index contributed by atoms with van der Waals surface area (Å²) in [5, 5.41) is 5.07. The van der Waals surface area contributed by atoms with E-state index in [4.69, 9.17) is 0 Å². The van der Waals surface area contributed by atoms with E-state index < -0.39 is 0 Å². The van der Waals surface area contributed by atoms with E-state index in [-0.39, 0.29) is 5.91 Å². The molecule has 0 aliphatic heterocycles. The lowest BCUT2D eigenvalue weighted by atomic mass is 10.1. The third kappa shape index (κ3) is 2.79. The van der Waals surface area contributed by atoms with Gasteiger partial charge in [-0.05, 0) is 49.4 Å². The highest BCUT2D eigenvalue weighted by Crippen LogP contribution is 2.20. The quantitative estimate of drug-likeness (QED) is 0.896. The Morgan fingerprint density at radius 2 is 1.83 bits per heavy atom. The summed E-state index contributed by atoms with van der Waals surface area (Å²) in [6.45, 7) is 6.81. The third-order valence-electron chi connectivity index (χ3n) is 3.14. The molecular weight excluding hydrogens is 242 g/mol. The zero-order chi connectivity index (χ0) is 13.1. The lowest BCUT2D eigenvalue weighted by Crippen LogP contribution is -2.22. The van der Waals surface area contributed by atoms with Crippen molar-refractivity contribution in [2.24, 2.45) is 0 Å². The number of benzene rings is 1. The van der Waals surface area contributed by atoms with Gasteiger partial charge in [0.1, 0.15) is 0 Å². The highest BCUT2D eigenvalue weighted by atomic mass is 32.1. The number of carbonyl (C=O) groups excluding carboxylic acids is 1. The van der Waals surface area contributed by atoms with Crippen LogP contribution in [0.4, 0.5) is 0 Å². The van der Waals surface area contributed by atoms with Crippen molar-refractivity contribution >= 4 is 17.2 Å². The summed E-state index contributed by atoms with van der Waals surface area (Å²) in [4.78, 5) is 13.3. The summed E-state index contributed by atoms with van der Waals surface area (Å²) in [7, 11) is 0. The van der Waals surface area contributed by atoms with Crippen molar-refractivity contribution in [2.75, 3.05) is 0 Å². The summed E-state index contributed by atoms with van der Waals surface area (Å²) >= 11 is 1.73. The summed E-state index contributed by atoms with van der Waals surface area (Å²) in [6, 6.07) is 7.62. The average molecular weight is 259 g/mol. The molecule has 94 valence electrons. The molecule has 0 radical (unpaired) electrons. The smallest absolute Gasteiger partial charge is 0.251 e. The fourth-order valence-corrected chi connectivity index (χ4v) is 2.61. The first kappa shape index (κ1) is 12.8. The van der Waals surface area contributed by atoms with Crippen LogP contribution in [-0.2, 0) is 6.54 Å². The van der Waals surface area contributed by atoms with Crippen LogP contribution in [0.3, 0.4) is 0 Å². The minimum absolute atomic E-state index is 0.0155. The van der Waals surface area contributed by atoms with Gasteiger partial charge in [0.15, 0.2) is 0 Å². The molecule has 0 unspecified atom stereocenters. The Labute approximate surface area is 112 Å². The van der Waals surface area contributed by atoms with Gasteiger partial charge in [0.2, 0.25) is 0 Å². The van der Waals surface area contributed by atoms with E-state index in [1.54, 1.807) is 11.3 Å². The Morgan fingerprint density at radius 3 is 2.39 bits per heavy atom. The Balaban J connectivity index is 2.00. The molecule has 1 N–H and O–H groups in total. The number of hydrogen-bond acceptors (Lipinski definition) is 2. The van der Waals surface area contributed by atoms with Crippen molar-refractivity contribution in [3.8, 4) is 0 Å². The number of rotatable bonds is 3. The summed E-state index contributed by atoms with van der Waals surface area (Å²) in [6.07, 6.45) is 0. The van der Waals surface area contributed by atoms with E-state index in [2.05, 4.69) is 24.5 Å². The van der Waals surface area contributed by atoms with Gasteiger partial charge in [-0.2, -0.15) is 0 Å². The second kappa shape index (κ2) is 5.36. The fraction of sp³-hybridized carbons (Fsp3) is 0.267. The first-order valence-corrected chi connectivity index (χ1v) is 6.84. The van der Waals surface area contributed by atoms with Crippen LogP contribution in [0, 0.1) is 20.8 Å². The normalized spacial score (nSPS) is 10.4. The Morgan fingerprint density at radius 1 is 1.17 bits per heavy atom. The number of thiophene rings is 1. The van der Waals surface area contributed by atoms with E-state index in [0.29, 0.717) is 12.1 Å². The predicted octanol–water partition coefficient (Wildman–Crippen LogP) is 3.60. The molecule has 0 spiro atoms. The lowest BCUT2D eigenvalue weighted by Gasteiger charge is -2.05. The molecule has 0 saturated heterocycles. The molecule has 1 aromatic carbocycles. The van der Waals surface area contributed by atoms with E-state index >= 15 is 0 Å². The van der Waals surface area contributed by atoms with Crippen LogP contribution in [0.25, 0.3) is 0 Å². The Hall–Kier alpha value is -1.61. The highest BCUT2D eigenvalue weighted by molar-refractivity contribution is 7.10.